The van der Waals surface area contributed by atoms with Gasteiger partial charge in [0.05, 0.1) is 20.1 Å². The molecule has 0 spiro atoms. The van der Waals surface area contributed by atoms with Crippen molar-refractivity contribution in [2.24, 2.45) is 5.92 Å². The van der Waals surface area contributed by atoms with Crippen molar-refractivity contribution in [1.82, 2.24) is 0 Å². The smallest absolute Gasteiger partial charge is 0.320 e. The van der Waals surface area contributed by atoms with Crippen molar-refractivity contribution in [3.05, 3.63) is 81.9 Å². The normalized spacial score (nSPS) is 12.7. The monoisotopic (exact) mass is 385 g/mol. The number of benzene rings is 2. The minimum atomic E-state index is -1.90. The number of hydrogen-bond donors (Lipinski definition) is 0. The molecule has 0 aliphatic carbocycles. The summed E-state index contributed by atoms with van der Waals surface area (Å²) in [4.78, 5) is 48.8. The largest absolute Gasteiger partial charge is 0.468 e. The van der Waals surface area contributed by atoms with Crippen LogP contribution in [0.5, 0.6) is 0 Å². The van der Waals surface area contributed by atoms with Gasteiger partial charge in [0.1, 0.15) is 0 Å². The van der Waals surface area contributed by atoms with Gasteiger partial charge in [0.25, 0.3) is 6.04 Å². The maximum Gasteiger partial charge on any atom is 0.320 e. The fraction of sp³-hybridized carbons (Fsp3) is 0.250. The van der Waals surface area contributed by atoms with Gasteiger partial charge in [-0.1, -0.05) is 60.7 Å². The quantitative estimate of drug-likeness (QED) is 0.225. The standard InChI is InChI=1S/C20H19NO7/c1-27-19(23)16(20(24)28-2)15(13-9-5-3-6-10-13)17(21(25)26)18(22)14-11-7-4-8-12-14/h3-12,15-17H,1-2H3/t15-,17+/m1/s1. The lowest BCUT2D eigenvalue weighted by atomic mass is 9.78. The Balaban J connectivity index is 2.67. The van der Waals surface area contributed by atoms with Crippen LogP contribution in [-0.4, -0.2) is 42.9 Å². The van der Waals surface area contributed by atoms with Gasteiger partial charge in [0.15, 0.2) is 5.92 Å². The van der Waals surface area contributed by atoms with Crippen LogP contribution >= 0.6 is 0 Å². The highest BCUT2D eigenvalue weighted by atomic mass is 16.6. The van der Waals surface area contributed by atoms with Crippen LogP contribution in [-0.2, 0) is 19.1 Å². The summed E-state index contributed by atoms with van der Waals surface area (Å²) in [6.45, 7) is 0. The van der Waals surface area contributed by atoms with Gasteiger partial charge >= 0.3 is 11.9 Å². The van der Waals surface area contributed by atoms with Crippen molar-refractivity contribution in [3.63, 3.8) is 0 Å². The lowest BCUT2D eigenvalue weighted by molar-refractivity contribution is -0.510. The van der Waals surface area contributed by atoms with Gasteiger partial charge in [0.2, 0.25) is 5.78 Å². The van der Waals surface area contributed by atoms with Crippen LogP contribution in [0, 0.1) is 16.0 Å². The fourth-order valence-electron chi connectivity index (χ4n) is 3.04. The van der Waals surface area contributed by atoms with E-state index in [0.717, 1.165) is 14.2 Å². The summed E-state index contributed by atoms with van der Waals surface area (Å²) in [6.07, 6.45) is 0. The zero-order valence-electron chi connectivity index (χ0n) is 15.3. The number of methoxy groups -OCH3 is 2. The lowest BCUT2D eigenvalue weighted by Gasteiger charge is -2.25. The number of carbonyl (C=O) groups excluding carboxylic acids is 3. The molecule has 2 atom stereocenters. The van der Waals surface area contributed by atoms with Gasteiger partial charge in [-0.05, 0) is 5.56 Å². The van der Waals surface area contributed by atoms with Crippen LogP contribution < -0.4 is 0 Å². The predicted molar refractivity (Wildman–Crippen MR) is 98.3 cm³/mol. The Labute approximate surface area is 161 Å². The van der Waals surface area contributed by atoms with Crippen molar-refractivity contribution in [3.8, 4) is 0 Å². The van der Waals surface area contributed by atoms with E-state index in [1.165, 1.54) is 24.3 Å². The van der Waals surface area contributed by atoms with Crippen LogP contribution in [0.4, 0.5) is 0 Å². The Morgan fingerprint density at radius 3 is 1.75 bits per heavy atom. The van der Waals surface area contributed by atoms with Crippen molar-refractivity contribution in [2.45, 2.75) is 12.0 Å². The second kappa shape index (κ2) is 9.40. The van der Waals surface area contributed by atoms with Gasteiger partial charge in [-0.25, -0.2) is 0 Å². The molecule has 0 amide bonds. The molecule has 0 fully saturated rings. The van der Waals surface area contributed by atoms with E-state index in [4.69, 9.17) is 0 Å². The molecule has 0 aliphatic heterocycles. The molecule has 2 rings (SSSR count). The van der Waals surface area contributed by atoms with Crippen LogP contribution in [0.25, 0.3) is 0 Å². The fourth-order valence-corrected chi connectivity index (χ4v) is 3.04. The molecule has 2 aromatic carbocycles. The number of ketones is 1. The summed E-state index contributed by atoms with van der Waals surface area (Å²) >= 11 is 0. The second-order valence-corrected chi connectivity index (χ2v) is 5.92. The van der Waals surface area contributed by atoms with E-state index < -0.39 is 40.5 Å². The molecule has 8 nitrogen and oxygen atoms in total. The highest BCUT2D eigenvalue weighted by Crippen LogP contribution is 2.33. The number of rotatable bonds is 8. The van der Waals surface area contributed by atoms with Gasteiger partial charge in [-0.3, -0.25) is 24.5 Å². The summed E-state index contributed by atoms with van der Waals surface area (Å²) in [6, 6.07) is 13.7. The molecule has 0 saturated carbocycles. The van der Waals surface area contributed by atoms with Crippen LogP contribution in [0.15, 0.2) is 60.7 Å². The SMILES string of the molecule is COC(=O)C(C(=O)OC)[C@@H](c1ccccc1)[C@@H](C(=O)c1ccccc1)[N+](=O)[O-]. The van der Waals surface area contributed by atoms with E-state index in [1.54, 1.807) is 36.4 Å². The van der Waals surface area contributed by atoms with Crippen LogP contribution in [0.3, 0.4) is 0 Å². The highest BCUT2D eigenvalue weighted by molar-refractivity contribution is 6.02. The third kappa shape index (κ3) is 4.40. The van der Waals surface area contributed by atoms with Gasteiger partial charge in [0, 0.05) is 10.5 Å². The zero-order valence-corrected chi connectivity index (χ0v) is 15.3. The van der Waals surface area contributed by atoms with Gasteiger partial charge < -0.3 is 9.47 Å². The number of Topliss-reactive ketones (excluding diaryl/α,β-unsaturated/α-hetero) is 1. The Morgan fingerprint density at radius 1 is 0.857 bits per heavy atom. The third-order valence-corrected chi connectivity index (χ3v) is 4.35. The molecule has 0 aliphatic rings. The summed E-state index contributed by atoms with van der Waals surface area (Å²) in [7, 11) is 2.11. The summed E-state index contributed by atoms with van der Waals surface area (Å²) in [5.74, 6) is -5.96. The number of nitro groups is 1. The Morgan fingerprint density at radius 2 is 1.32 bits per heavy atom. The minimum Gasteiger partial charge on any atom is -0.468 e. The summed E-state index contributed by atoms with van der Waals surface area (Å²) < 4.78 is 9.36. The van der Waals surface area contributed by atoms with Gasteiger partial charge in [-0.15, -0.1) is 0 Å². The summed E-state index contributed by atoms with van der Waals surface area (Å²) in [5.41, 5.74) is 0.368. The molecule has 0 bridgehead atoms. The molecule has 0 N–H and O–H groups in total. The van der Waals surface area contributed by atoms with E-state index in [0.29, 0.717) is 0 Å². The molecule has 0 heterocycles. The molecule has 0 unspecified atom stereocenters. The molecule has 146 valence electrons. The lowest BCUT2D eigenvalue weighted by Crippen LogP contribution is -2.45. The predicted octanol–water partition coefficient (Wildman–Crippen LogP) is 2.26. The first kappa shape index (κ1) is 20.8. The number of ether oxygens (including phenoxy) is 2. The first-order chi connectivity index (χ1) is 13.4. The summed E-state index contributed by atoms with van der Waals surface area (Å²) in [5, 5.41) is 11.9. The van der Waals surface area contributed by atoms with Crippen LogP contribution in [0.1, 0.15) is 21.8 Å². The van der Waals surface area contributed by atoms with E-state index in [9.17, 15) is 24.5 Å². The maximum atomic E-state index is 13.0. The maximum absolute atomic E-state index is 13.0. The topological polar surface area (TPSA) is 113 Å². The molecule has 8 heteroatoms. The first-order valence-corrected chi connectivity index (χ1v) is 8.35. The van der Waals surface area contributed by atoms with E-state index >= 15 is 0 Å². The average Bonchev–Trinajstić information content (AvgIpc) is 2.73. The minimum absolute atomic E-state index is 0.0959. The van der Waals surface area contributed by atoms with E-state index in [-0.39, 0.29) is 11.1 Å². The molecule has 0 aromatic heterocycles. The molecular weight excluding hydrogens is 366 g/mol. The molecule has 2 aromatic rings. The number of esters is 2. The Bertz CT molecular complexity index is 835. The number of hydrogen-bond acceptors (Lipinski definition) is 7. The number of carbonyl (C=O) groups is 3. The van der Waals surface area contributed by atoms with E-state index in [1.807, 2.05) is 0 Å². The molecule has 28 heavy (non-hydrogen) atoms. The van der Waals surface area contributed by atoms with Crippen molar-refractivity contribution in [2.75, 3.05) is 14.2 Å². The highest BCUT2D eigenvalue weighted by Gasteiger charge is 2.50. The van der Waals surface area contributed by atoms with Gasteiger partial charge in [-0.2, -0.15) is 0 Å². The molecule has 0 radical (unpaired) electrons. The van der Waals surface area contributed by atoms with E-state index in [2.05, 4.69) is 9.47 Å². The average molecular weight is 385 g/mol. The van der Waals surface area contributed by atoms with Crippen LogP contribution in [0.2, 0.25) is 0 Å². The van der Waals surface area contributed by atoms with Crippen molar-refractivity contribution in [1.29, 1.82) is 0 Å². The second-order valence-electron chi connectivity index (χ2n) is 5.92. The number of nitrogens with zero attached hydrogens (tertiary/aromatic N) is 1. The zero-order chi connectivity index (χ0) is 20.7. The third-order valence-electron chi connectivity index (χ3n) is 4.35. The Kier molecular flexibility index (Phi) is 6.97. The first-order valence-electron chi connectivity index (χ1n) is 8.35. The van der Waals surface area contributed by atoms with Crippen molar-refractivity contribution >= 4 is 17.7 Å². The Hall–Kier alpha value is -3.55. The molecular formula is C20H19NO7. The molecule has 0 saturated heterocycles. The van der Waals surface area contributed by atoms with Crippen molar-refractivity contribution < 1.29 is 28.8 Å².